The zero-order valence-corrected chi connectivity index (χ0v) is 26.8. The van der Waals surface area contributed by atoms with E-state index in [1.54, 1.807) is 40.8 Å². The molecule has 0 saturated heterocycles. The highest BCUT2D eigenvalue weighted by molar-refractivity contribution is 5.53. The summed E-state index contributed by atoms with van der Waals surface area (Å²) in [5, 5.41) is 0. The van der Waals surface area contributed by atoms with E-state index in [0.29, 0.717) is 47.8 Å². The lowest BCUT2D eigenvalue weighted by Crippen LogP contribution is -2.06. The number of hydrogen-bond donors (Lipinski definition) is 4. The molecular weight excluding hydrogens is 560 g/mol. The van der Waals surface area contributed by atoms with Crippen molar-refractivity contribution in [2.24, 2.45) is 0 Å². The highest BCUT2D eigenvalue weighted by Gasteiger charge is 2.17. The van der Waals surface area contributed by atoms with Gasteiger partial charge in [-0.25, -0.2) is 9.97 Å². The van der Waals surface area contributed by atoms with Crippen LogP contribution in [0.5, 0.6) is 23.0 Å². The SMILES string of the molecule is COc1cc(Cc2cnc(N)nc2N)c(C(C)C)cc1OC.COc1cc(Cc2cnc(N)nc2N)c(C(C)C)cc1OC. The van der Waals surface area contributed by atoms with E-state index in [1.807, 2.05) is 24.3 Å². The van der Waals surface area contributed by atoms with E-state index in [9.17, 15) is 0 Å². The van der Waals surface area contributed by atoms with E-state index in [1.165, 1.54) is 11.1 Å². The van der Waals surface area contributed by atoms with Gasteiger partial charge < -0.3 is 41.9 Å². The molecule has 12 heteroatoms. The summed E-state index contributed by atoms with van der Waals surface area (Å²) in [6.45, 7) is 8.53. The van der Waals surface area contributed by atoms with Gasteiger partial charge in [-0.3, -0.25) is 0 Å². The Hall–Kier alpha value is -5.00. The molecule has 8 N–H and O–H groups in total. The Morgan fingerprint density at radius 2 is 0.841 bits per heavy atom. The molecule has 236 valence electrons. The third-order valence-electron chi connectivity index (χ3n) is 7.13. The Bertz CT molecular complexity index is 1460. The first-order valence-corrected chi connectivity index (χ1v) is 14.1. The number of nitrogen functional groups attached to an aromatic ring is 4. The maximum atomic E-state index is 5.93. The molecule has 0 unspecified atom stereocenters. The molecule has 0 atom stereocenters. The summed E-state index contributed by atoms with van der Waals surface area (Å²) in [6.07, 6.45) is 4.55. The van der Waals surface area contributed by atoms with Crippen LogP contribution >= 0.6 is 0 Å². The average Bonchev–Trinajstić information content (AvgIpc) is 2.99. The van der Waals surface area contributed by atoms with Gasteiger partial charge in [-0.15, -0.1) is 0 Å². The van der Waals surface area contributed by atoms with Crippen LogP contribution in [0.15, 0.2) is 36.7 Å². The lowest BCUT2D eigenvalue weighted by Gasteiger charge is -2.17. The first-order chi connectivity index (χ1) is 20.9. The molecule has 0 aliphatic rings. The molecule has 4 rings (SSSR count). The van der Waals surface area contributed by atoms with Crippen LogP contribution < -0.4 is 41.9 Å². The summed E-state index contributed by atoms with van der Waals surface area (Å²) in [5.74, 6) is 4.65. The van der Waals surface area contributed by atoms with Gasteiger partial charge in [-0.05, 0) is 58.4 Å². The number of methoxy groups -OCH3 is 4. The molecule has 44 heavy (non-hydrogen) atoms. The standard InChI is InChI=1S/2C16H22N4O2/c2*1-9(2)12-7-14(22-4)13(21-3)6-10(12)5-11-8-19-16(18)20-15(11)17/h2*6-9H,5H2,1-4H3,(H4,17,18,19,20). The summed E-state index contributed by atoms with van der Waals surface area (Å²) in [7, 11) is 6.51. The van der Waals surface area contributed by atoms with Gasteiger partial charge in [0.15, 0.2) is 23.0 Å². The Labute approximate surface area is 259 Å². The van der Waals surface area contributed by atoms with Crippen LogP contribution in [-0.2, 0) is 12.8 Å². The molecule has 4 aromatic rings. The Balaban J connectivity index is 0.000000240. The van der Waals surface area contributed by atoms with Crippen molar-refractivity contribution >= 4 is 23.5 Å². The zero-order chi connectivity index (χ0) is 32.6. The maximum absolute atomic E-state index is 5.93. The molecular formula is C32H44N8O4. The second-order valence-electron chi connectivity index (χ2n) is 10.8. The summed E-state index contributed by atoms with van der Waals surface area (Å²) >= 11 is 0. The molecule has 0 saturated carbocycles. The Morgan fingerprint density at radius 1 is 0.523 bits per heavy atom. The quantitative estimate of drug-likeness (QED) is 0.194. The Morgan fingerprint density at radius 3 is 1.11 bits per heavy atom. The first kappa shape index (κ1) is 33.5. The molecule has 2 aromatic heterocycles. The number of benzene rings is 2. The van der Waals surface area contributed by atoms with Crippen molar-refractivity contribution in [3.8, 4) is 23.0 Å². The summed E-state index contributed by atoms with van der Waals surface area (Å²) in [4.78, 5) is 16.1. The second-order valence-corrected chi connectivity index (χ2v) is 10.8. The lowest BCUT2D eigenvalue weighted by molar-refractivity contribution is 0.354. The van der Waals surface area contributed by atoms with E-state index in [-0.39, 0.29) is 11.9 Å². The second kappa shape index (κ2) is 14.9. The predicted molar refractivity (Wildman–Crippen MR) is 175 cm³/mol. The van der Waals surface area contributed by atoms with E-state index < -0.39 is 0 Å². The van der Waals surface area contributed by atoms with Gasteiger partial charge in [0.25, 0.3) is 0 Å². The summed E-state index contributed by atoms with van der Waals surface area (Å²) in [5.41, 5.74) is 29.2. The monoisotopic (exact) mass is 604 g/mol. The fourth-order valence-electron chi connectivity index (χ4n) is 4.81. The van der Waals surface area contributed by atoms with Crippen LogP contribution in [0.4, 0.5) is 23.5 Å². The fraction of sp³-hybridized carbons (Fsp3) is 0.375. The van der Waals surface area contributed by atoms with Crippen molar-refractivity contribution in [3.05, 3.63) is 70.0 Å². The summed E-state index contributed by atoms with van der Waals surface area (Å²) in [6, 6.07) is 7.97. The molecule has 2 aromatic carbocycles. The Kier molecular flexibility index (Phi) is 11.4. The number of nitrogens with zero attached hydrogens (tertiary/aromatic N) is 4. The van der Waals surface area contributed by atoms with Crippen molar-refractivity contribution in [3.63, 3.8) is 0 Å². The molecule has 0 radical (unpaired) electrons. The first-order valence-electron chi connectivity index (χ1n) is 14.1. The van der Waals surface area contributed by atoms with Crippen molar-refractivity contribution < 1.29 is 18.9 Å². The number of anilines is 4. The molecule has 0 aliphatic carbocycles. The van der Waals surface area contributed by atoms with Gasteiger partial charge in [-0.2, -0.15) is 9.97 Å². The molecule has 0 amide bonds. The van der Waals surface area contributed by atoms with Crippen molar-refractivity contribution in [2.75, 3.05) is 51.4 Å². The van der Waals surface area contributed by atoms with Crippen LogP contribution in [0.25, 0.3) is 0 Å². The van der Waals surface area contributed by atoms with Gasteiger partial charge >= 0.3 is 0 Å². The van der Waals surface area contributed by atoms with Gasteiger partial charge in [0.05, 0.1) is 28.4 Å². The predicted octanol–water partition coefficient (Wildman–Crippen LogP) is 4.74. The van der Waals surface area contributed by atoms with Gasteiger partial charge in [0.2, 0.25) is 11.9 Å². The normalized spacial score (nSPS) is 10.8. The zero-order valence-electron chi connectivity index (χ0n) is 26.8. The van der Waals surface area contributed by atoms with Crippen LogP contribution in [0.3, 0.4) is 0 Å². The number of ether oxygens (including phenoxy) is 4. The maximum Gasteiger partial charge on any atom is 0.221 e. The minimum atomic E-state index is 0.178. The average molecular weight is 605 g/mol. The van der Waals surface area contributed by atoms with Crippen molar-refractivity contribution in [2.45, 2.75) is 52.4 Å². The molecule has 12 nitrogen and oxygen atoms in total. The van der Waals surface area contributed by atoms with Crippen LogP contribution in [0.2, 0.25) is 0 Å². The molecule has 0 spiro atoms. The number of rotatable bonds is 10. The van der Waals surface area contributed by atoms with Crippen LogP contribution in [-0.4, -0.2) is 48.4 Å². The largest absolute Gasteiger partial charge is 0.493 e. The number of hydrogen-bond acceptors (Lipinski definition) is 12. The molecule has 0 fully saturated rings. The van der Waals surface area contributed by atoms with Crippen LogP contribution in [0, 0.1) is 0 Å². The molecule has 0 aliphatic heterocycles. The number of nitrogens with two attached hydrogens (primary N) is 4. The van der Waals surface area contributed by atoms with Gasteiger partial charge in [-0.1, -0.05) is 27.7 Å². The van der Waals surface area contributed by atoms with Gasteiger partial charge in [0.1, 0.15) is 11.6 Å². The minimum absolute atomic E-state index is 0.178. The van der Waals surface area contributed by atoms with E-state index in [0.717, 1.165) is 33.8 Å². The van der Waals surface area contributed by atoms with E-state index >= 15 is 0 Å². The third-order valence-corrected chi connectivity index (χ3v) is 7.13. The highest BCUT2D eigenvalue weighted by Crippen LogP contribution is 2.36. The minimum Gasteiger partial charge on any atom is -0.493 e. The summed E-state index contributed by atoms with van der Waals surface area (Å²) < 4.78 is 21.5. The fourth-order valence-corrected chi connectivity index (χ4v) is 4.81. The van der Waals surface area contributed by atoms with Crippen molar-refractivity contribution in [1.29, 1.82) is 0 Å². The van der Waals surface area contributed by atoms with Gasteiger partial charge in [0, 0.05) is 36.4 Å². The van der Waals surface area contributed by atoms with E-state index in [2.05, 4.69) is 47.6 Å². The molecule has 0 bridgehead atoms. The number of aromatic nitrogens is 4. The lowest BCUT2D eigenvalue weighted by atomic mass is 9.92. The van der Waals surface area contributed by atoms with Crippen molar-refractivity contribution in [1.82, 2.24) is 19.9 Å². The topological polar surface area (TPSA) is 193 Å². The smallest absolute Gasteiger partial charge is 0.221 e. The molecule has 2 heterocycles. The third kappa shape index (κ3) is 8.09. The van der Waals surface area contributed by atoms with E-state index in [4.69, 9.17) is 41.9 Å². The highest BCUT2D eigenvalue weighted by atomic mass is 16.5. The van der Waals surface area contributed by atoms with Crippen LogP contribution in [0.1, 0.15) is 72.9 Å².